The van der Waals surface area contributed by atoms with E-state index < -0.39 is 23.7 Å². The molecular weight excluding hydrogens is 381 g/mol. The zero-order valence-electron chi connectivity index (χ0n) is 14.1. The second-order valence-corrected chi connectivity index (χ2v) is 6.68. The van der Waals surface area contributed by atoms with E-state index in [1.165, 1.54) is 11.0 Å². The van der Waals surface area contributed by atoms with E-state index in [0.29, 0.717) is 0 Å². The fourth-order valence-corrected chi connectivity index (χ4v) is 3.23. The second kappa shape index (κ2) is 7.60. The number of rotatable bonds is 4. The summed E-state index contributed by atoms with van der Waals surface area (Å²) in [6.07, 6.45) is -4.23. The van der Waals surface area contributed by atoms with Crippen molar-refractivity contribution in [3.05, 3.63) is 64.7 Å². The Morgan fingerprint density at radius 1 is 1.19 bits per heavy atom. The molecule has 0 radical (unpaired) electrons. The van der Waals surface area contributed by atoms with Gasteiger partial charge in [-0.3, -0.25) is 9.59 Å². The lowest BCUT2D eigenvalue weighted by Gasteiger charge is -2.25. The molecule has 4 nitrogen and oxygen atoms in total. The third-order valence-corrected chi connectivity index (χ3v) is 4.61. The van der Waals surface area contributed by atoms with Crippen molar-refractivity contribution in [2.24, 2.45) is 0 Å². The maximum atomic E-state index is 13.2. The molecule has 1 saturated heterocycles. The summed E-state index contributed by atoms with van der Waals surface area (Å²) in [7, 11) is 0. The van der Waals surface area contributed by atoms with E-state index in [9.17, 15) is 22.8 Å². The molecular formula is C19H16ClF3N2O2. The smallest absolute Gasteiger partial charge is 0.326 e. The van der Waals surface area contributed by atoms with Crippen LogP contribution in [-0.2, 0) is 22.3 Å². The van der Waals surface area contributed by atoms with E-state index in [4.69, 9.17) is 11.6 Å². The highest BCUT2D eigenvalue weighted by atomic mass is 35.5. The van der Waals surface area contributed by atoms with Crippen molar-refractivity contribution >= 4 is 29.1 Å². The average Bonchev–Trinajstić information content (AvgIpc) is 2.97. The Balaban J connectivity index is 1.80. The summed E-state index contributed by atoms with van der Waals surface area (Å²) in [4.78, 5) is 26.2. The second-order valence-electron chi connectivity index (χ2n) is 6.24. The van der Waals surface area contributed by atoms with Crippen LogP contribution in [0.15, 0.2) is 48.5 Å². The summed E-state index contributed by atoms with van der Waals surface area (Å²) in [6, 6.07) is 11.4. The van der Waals surface area contributed by atoms with Gasteiger partial charge in [-0.05, 0) is 30.2 Å². The Labute approximate surface area is 158 Å². The molecule has 1 aliphatic heterocycles. The largest absolute Gasteiger partial charge is 0.418 e. The first-order valence-corrected chi connectivity index (χ1v) is 8.64. The minimum Gasteiger partial charge on any atom is -0.326 e. The van der Waals surface area contributed by atoms with Crippen LogP contribution >= 0.6 is 11.6 Å². The number of alkyl halides is 3. The number of likely N-dealkylation sites (tertiary alicyclic amines) is 1. The topological polar surface area (TPSA) is 49.4 Å². The van der Waals surface area contributed by atoms with Gasteiger partial charge >= 0.3 is 6.18 Å². The summed E-state index contributed by atoms with van der Waals surface area (Å²) in [5.74, 6) is -0.851. The Morgan fingerprint density at radius 3 is 2.56 bits per heavy atom. The Kier molecular flexibility index (Phi) is 5.41. The molecule has 0 spiro atoms. The Morgan fingerprint density at radius 2 is 1.89 bits per heavy atom. The van der Waals surface area contributed by atoms with Crippen molar-refractivity contribution in [1.29, 1.82) is 0 Å². The monoisotopic (exact) mass is 396 g/mol. The SMILES string of the molecule is O=C(Nc1ccc(Cl)cc1C(F)(F)F)C1CCC(=O)N1Cc1ccccc1. The van der Waals surface area contributed by atoms with Crippen molar-refractivity contribution in [1.82, 2.24) is 4.90 Å². The molecule has 2 aromatic carbocycles. The lowest BCUT2D eigenvalue weighted by Crippen LogP contribution is -2.41. The third kappa shape index (κ3) is 4.42. The van der Waals surface area contributed by atoms with Crippen LogP contribution in [-0.4, -0.2) is 22.8 Å². The number of nitrogens with one attached hydrogen (secondary N) is 1. The van der Waals surface area contributed by atoms with Crippen LogP contribution in [0.1, 0.15) is 24.0 Å². The van der Waals surface area contributed by atoms with E-state index in [0.717, 1.165) is 17.7 Å². The van der Waals surface area contributed by atoms with Gasteiger partial charge in [-0.2, -0.15) is 13.2 Å². The number of anilines is 1. The highest BCUT2D eigenvalue weighted by Gasteiger charge is 2.38. The van der Waals surface area contributed by atoms with Crippen molar-refractivity contribution < 1.29 is 22.8 Å². The summed E-state index contributed by atoms with van der Waals surface area (Å²) in [5.41, 5.74) is -0.564. The maximum absolute atomic E-state index is 13.2. The minimum absolute atomic E-state index is 0.0814. The summed E-state index contributed by atoms with van der Waals surface area (Å²) in [6.45, 7) is 0.227. The number of amides is 2. The molecule has 1 atom stereocenters. The van der Waals surface area contributed by atoms with E-state index in [1.54, 1.807) is 0 Å². The van der Waals surface area contributed by atoms with Crippen LogP contribution in [0.2, 0.25) is 5.02 Å². The fourth-order valence-electron chi connectivity index (χ4n) is 3.06. The number of halogens is 4. The third-order valence-electron chi connectivity index (χ3n) is 4.37. The van der Waals surface area contributed by atoms with Crippen LogP contribution in [0.3, 0.4) is 0 Å². The molecule has 2 amide bonds. The van der Waals surface area contributed by atoms with Crippen LogP contribution < -0.4 is 5.32 Å². The molecule has 1 heterocycles. The number of carbonyl (C=O) groups is 2. The van der Waals surface area contributed by atoms with Gasteiger partial charge in [-0.15, -0.1) is 0 Å². The zero-order valence-corrected chi connectivity index (χ0v) is 14.8. The van der Waals surface area contributed by atoms with E-state index >= 15 is 0 Å². The molecule has 27 heavy (non-hydrogen) atoms. The number of hydrogen-bond donors (Lipinski definition) is 1. The molecule has 0 aromatic heterocycles. The molecule has 0 bridgehead atoms. The zero-order chi connectivity index (χ0) is 19.6. The molecule has 3 rings (SSSR count). The van der Waals surface area contributed by atoms with Crippen molar-refractivity contribution in [3.63, 3.8) is 0 Å². The average molecular weight is 397 g/mol. The quantitative estimate of drug-likeness (QED) is 0.827. The molecule has 8 heteroatoms. The van der Waals surface area contributed by atoms with Crippen molar-refractivity contribution in [3.8, 4) is 0 Å². The number of nitrogens with zero attached hydrogens (tertiary/aromatic N) is 1. The summed E-state index contributed by atoms with van der Waals surface area (Å²) >= 11 is 5.65. The number of benzene rings is 2. The van der Waals surface area contributed by atoms with Gasteiger partial charge < -0.3 is 10.2 Å². The van der Waals surface area contributed by atoms with Crippen LogP contribution in [0.5, 0.6) is 0 Å². The highest BCUT2D eigenvalue weighted by Crippen LogP contribution is 2.37. The summed E-state index contributed by atoms with van der Waals surface area (Å²) < 4.78 is 39.6. The first kappa shape index (κ1) is 19.2. The van der Waals surface area contributed by atoms with E-state index in [1.807, 2.05) is 30.3 Å². The first-order chi connectivity index (χ1) is 12.8. The van der Waals surface area contributed by atoms with Crippen molar-refractivity contribution in [2.45, 2.75) is 31.6 Å². The number of hydrogen-bond acceptors (Lipinski definition) is 2. The van der Waals surface area contributed by atoms with E-state index in [-0.39, 0.29) is 36.0 Å². The molecule has 1 aliphatic rings. The Hall–Kier alpha value is -2.54. The van der Waals surface area contributed by atoms with Gasteiger partial charge in [0.2, 0.25) is 11.8 Å². The first-order valence-electron chi connectivity index (χ1n) is 8.26. The lowest BCUT2D eigenvalue weighted by molar-refractivity contribution is -0.137. The summed E-state index contributed by atoms with van der Waals surface area (Å²) in [5, 5.41) is 2.23. The van der Waals surface area contributed by atoms with Gasteiger partial charge in [-0.25, -0.2) is 0 Å². The molecule has 142 valence electrons. The molecule has 1 unspecified atom stereocenters. The van der Waals surface area contributed by atoms with Crippen LogP contribution in [0.25, 0.3) is 0 Å². The predicted molar refractivity (Wildman–Crippen MR) is 95.1 cm³/mol. The molecule has 0 saturated carbocycles. The molecule has 2 aromatic rings. The Bertz CT molecular complexity index is 856. The maximum Gasteiger partial charge on any atom is 0.418 e. The predicted octanol–water partition coefficient (Wildman–Crippen LogP) is 4.49. The van der Waals surface area contributed by atoms with Gasteiger partial charge in [0.15, 0.2) is 0 Å². The number of carbonyl (C=O) groups excluding carboxylic acids is 2. The van der Waals surface area contributed by atoms with Gasteiger partial charge in [0.25, 0.3) is 0 Å². The van der Waals surface area contributed by atoms with E-state index in [2.05, 4.69) is 5.32 Å². The van der Waals surface area contributed by atoms with Gasteiger partial charge in [0, 0.05) is 18.0 Å². The fraction of sp³-hybridized carbons (Fsp3) is 0.263. The molecule has 1 N–H and O–H groups in total. The van der Waals surface area contributed by atoms with Gasteiger partial charge in [-0.1, -0.05) is 41.9 Å². The highest BCUT2D eigenvalue weighted by molar-refractivity contribution is 6.30. The van der Waals surface area contributed by atoms with Gasteiger partial charge in [0.05, 0.1) is 11.3 Å². The minimum atomic E-state index is -4.66. The van der Waals surface area contributed by atoms with Crippen LogP contribution in [0.4, 0.5) is 18.9 Å². The lowest BCUT2D eigenvalue weighted by atomic mass is 10.1. The molecule has 0 aliphatic carbocycles. The van der Waals surface area contributed by atoms with Crippen LogP contribution in [0, 0.1) is 0 Å². The standard InChI is InChI=1S/C19H16ClF3N2O2/c20-13-6-7-15(14(10-13)19(21,22)23)24-18(27)16-8-9-17(26)25(16)11-12-4-2-1-3-5-12/h1-7,10,16H,8-9,11H2,(H,24,27). The molecule has 1 fully saturated rings. The van der Waals surface area contributed by atoms with Gasteiger partial charge in [0.1, 0.15) is 6.04 Å². The normalized spacial score (nSPS) is 17.3. The van der Waals surface area contributed by atoms with Crippen molar-refractivity contribution in [2.75, 3.05) is 5.32 Å².